The zero-order chi connectivity index (χ0) is 13.8. The Bertz CT molecular complexity index is 528. The lowest BCUT2D eigenvalue weighted by molar-refractivity contribution is 0.168. The summed E-state index contributed by atoms with van der Waals surface area (Å²) in [6.07, 6.45) is 0.659. The molecule has 2 unspecified atom stereocenters. The zero-order valence-electron chi connectivity index (χ0n) is 10.4. The summed E-state index contributed by atoms with van der Waals surface area (Å²) < 4.78 is 31.0. The summed E-state index contributed by atoms with van der Waals surface area (Å²) in [6.45, 7) is 2.10. The maximum Gasteiger partial charge on any atom is 0.159 e. The summed E-state index contributed by atoms with van der Waals surface area (Å²) in [5.74, 6) is -1.14. The molecule has 19 heavy (non-hydrogen) atoms. The van der Waals surface area contributed by atoms with Crippen molar-refractivity contribution < 1.29 is 18.3 Å². The molecule has 5 heteroatoms. The average Bonchev–Trinajstić information content (AvgIpc) is 2.92. The maximum absolute atomic E-state index is 13.0. The predicted molar refractivity (Wildman–Crippen MR) is 66.4 cm³/mol. The number of furan rings is 1. The third-order valence-electron chi connectivity index (χ3n) is 2.92. The van der Waals surface area contributed by atoms with Crippen molar-refractivity contribution in [3.8, 4) is 0 Å². The Balaban J connectivity index is 1.93. The van der Waals surface area contributed by atoms with Crippen molar-refractivity contribution in [1.82, 2.24) is 5.32 Å². The van der Waals surface area contributed by atoms with Gasteiger partial charge in [0.05, 0.1) is 18.4 Å². The molecule has 0 aliphatic heterocycles. The fourth-order valence-electron chi connectivity index (χ4n) is 1.76. The summed E-state index contributed by atoms with van der Waals surface area (Å²) in [7, 11) is 0. The highest BCUT2D eigenvalue weighted by Crippen LogP contribution is 2.18. The molecule has 2 N–H and O–H groups in total. The van der Waals surface area contributed by atoms with Crippen LogP contribution in [-0.4, -0.2) is 11.7 Å². The smallest absolute Gasteiger partial charge is 0.159 e. The van der Waals surface area contributed by atoms with Gasteiger partial charge < -0.3 is 14.8 Å². The van der Waals surface area contributed by atoms with Gasteiger partial charge in [-0.15, -0.1) is 0 Å². The third-order valence-corrected chi connectivity index (χ3v) is 2.92. The largest absolute Gasteiger partial charge is 0.468 e. The SMILES string of the molecule is CC(NCC(O)c1ccc(F)c(F)c1)c1ccco1. The van der Waals surface area contributed by atoms with Gasteiger partial charge in [-0.1, -0.05) is 6.07 Å². The van der Waals surface area contributed by atoms with Gasteiger partial charge in [-0.05, 0) is 36.8 Å². The Kier molecular flexibility index (Phi) is 4.29. The van der Waals surface area contributed by atoms with Gasteiger partial charge in [0.15, 0.2) is 11.6 Å². The Morgan fingerprint density at radius 2 is 2.05 bits per heavy atom. The van der Waals surface area contributed by atoms with Crippen LogP contribution in [0.15, 0.2) is 41.0 Å². The van der Waals surface area contributed by atoms with Gasteiger partial charge in [-0.3, -0.25) is 0 Å². The lowest BCUT2D eigenvalue weighted by Gasteiger charge is -2.16. The summed E-state index contributed by atoms with van der Waals surface area (Å²) in [5.41, 5.74) is 0.332. The molecular weight excluding hydrogens is 252 g/mol. The van der Waals surface area contributed by atoms with Crippen LogP contribution in [0.5, 0.6) is 0 Å². The van der Waals surface area contributed by atoms with Crippen molar-refractivity contribution >= 4 is 0 Å². The maximum atomic E-state index is 13.0. The molecular formula is C14H15F2NO2. The van der Waals surface area contributed by atoms with Crippen LogP contribution in [0, 0.1) is 11.6 Å². The van der Waals surface area contributed by atoms with Crippen LogP contribution < -0.4 is 5.32 Å². The Labute approximate surface area is 109 Å². The average molecular weight is 267 g/mol. The van der Waals surface area contributed by atoms with E-state index in [0.717, 1.165) is 17.9 Å². The van der Waals surface area contributed by atoms with E-state index in [2.05, 4.69) is 5.32 Å². The van der Waals surface area contributed by atoms with Crippen LogP contribution in [0.4, 0.5) is 8.78 Å². The number of hydrogen-bond donors (Lipinski definition) is 2. The van der Waals surface area contributed by atoms with E-state index in [0.29, 0.717) is 5.56 Å². The quantitative estimate of drug-likeness (QED) is 0.875. The molecule has 2 rings (SSSR count). The molecule has 1 aromatic carbocycles. The highest BCUT2D eigenvalue weighted by molar-refractivity contribution is 5.20. The van der Waals surface area contributed by atoms with Gasteiger partial charge >= 0.3 is 0 Å². The Morgan fingerprint density at radius 1 is 1.26 bits per heavy atom. The number of benzene rings is 1. The van der Waals surface area contributed by atoms with Crippen molar-refractivity contribution in [3.63, 3.8) is 0 Å². The highest BCUT2D eigenvalue weighted by Gasteiger charge is 2.13. The molecule has 1 aromatic heterocycles. The number of rotatable bonds is 5. The second-order valence-electron chi connectivity index (χ2n) is 4.33. The number of hydrogen-bond acceptors (Lipinski definition) is 3. The molecule has 2 atom stereocenters. The summed E-state index contributed by atoms with van der Waals surface area (Å²) in [6, 6.07) is 6.89. The standard InChI is InChI=1S/C14H15F2NO2/c1-9(14-3-2-6-19-14)17-8-13(18)10-4-5-11(15)12(16)7-10/h2-7,9,13,17-18H,8H2,1H3. The van der Waals surface area contributed by atoms with Gasteiger partial charge in [0.25, 0.3) is 0 Å². The van der Waals surface area contributed by atoms with Crippen LogP contribution in [0.2, 0.25) is 0 Å². The lowest BCUT2D eigenvalue weighted by Crippen LogP contribution is -2.24. The van der Waals surface area contributed by atoms with E-state index in [1.807, 2.05) is 13.0 Å². The van der Waals surface area contributed by atoms with Crippen LogP contribution in [-0.2, 0) is 0 Å². The summed E-state index contributed by atoms with van der Waals surface area (Å²) >= 11 is 0. The molecule has 0 saturated carbocycles. The molecule has 102 valence electrons. The first-order valence-corrected chi connectivity index (χ1v) is 5.97. The predicted octanol–water partition coefficient (Wildman–Crippen LogP) is 2.94. The van der Waals surface area contributed by atoms with Crippen LogP contribution in [0.25, 0.3) is 0 Å². The van der Waals surface area contributed by atoms with Crippen LogP contribution >= 0.6 is 0 Å². The fourth-order valence-corrected chi connectivity index (χ4v) is 1.76. The molecule has 3 nitrogen and oxygen atoms in total. The molecule has 0 saturated heterocycles. The molecule has 0 bridgehead atoms. The van der Waals surface area contributed by atoms with Crippen molar-refractivity contribution in [3.05, 3.63) is 59.6 Å². The van der Waals surface area contributed by atoms with E-state index < -0.39 is 17.7 Å². The first-order chi connectivity index (χ1) is 9.08. The van der Waals surface area contributed by atoms with E-state index in [-0.39, 0.29) is 12.6 Å². The van der Waals surface area contributed by atoms with Gasteiger partial charge in [-0.2, -0.15) is 0 Å². The minimum Gasteiger partial charge on any atom is -0.468 e. The van der Waals surface area contributed by atoms with Crippen LogP contribution in [0.1, 0.15) is 30.4 Å². The molecule has 0 aliphatic carbocycles. The number of aliphatic hydroxyl groups is 1. The molecule has 0 radical (unpaired) electrons. The first-order valence-electron chi connectivity index (χ1n) is 5.97. The Morgan fingerprint density at radius 3 is 2.68 bits per heavy atom. The van der Waals surface area contributed by atoms with Crippen LogP contribution in [0.3, 0.4) is 0 Å². The molecule has 2 aromatic rings. The monoisotopic (exact) mass is 267 g/mol. The molecule has 0 aliphatic rings. The second-order valence-corrected chi connectivity index (χ2v) is 4.33. The lowest BCUT2D eigenvalue weighted by atomic mass is 10.1. The first kappa shape index (κ1) is 13.7. The number of halogens is 2. The van der Waals surface area contributed by atoms with Gasteiger partial charge in [0.1, 0.15) is 5.76 Å². The van der Waals surface area contributed by atoms with E-state index in [4.69, 9.17) is 4.42 Å². The van der Waals surface area contributed by atoms with E-state index in [1.54, 1.807) is 12.3 Å². The summed E-state index contributed by atoms with van der Waals surface area (Å²) in [4.78, 5) is 0. The Hall–Kier alpha value is -1.72. The van der Waals surface area contributed by atoms with E-state index in [9.17, 15) is 13.9 Å². The highest BCUT2D eigenvalue weighted by atomic mass is 19.2. The van der Waals surface area contributed by atoms with Gasteiger partial charge in [0.2, 0.25) is 0 Å². The zero-order valence-corrected chi connectivity index (χ0v) is 10.4. The van der Waals surface area contributed by atoms with Crippen molar-refractivity contribution in [2.75, 3.05) is 6.54 Å². The number of nitrogens with one attached hydrogen (secondary N) is 1. The molecule has 0 fully saturated rings. The second kappa shape index (κ2) is 5.95. The topological polar surface area (TPSA) is 45.4 Å². The summed E-state index contributed by atoms with van der Waals surface area (Å²) in [5, 5.41) is 13.0. The number of aliphatic hydroxyl groups excluding tert-OH is 1. The van der Waals surface area contributed by atoms with Gasteiger partial charge in [0, 0.05) is 6.54 Å². The molecule has 1 heterocycles. The van der Waals surface area contributed by atoms with E-state index >= 15 is 0 Å². The molecule has 0 spiro atoms. The normalized spacial score (nSPS) is 14.3. The minimum atomic E-state index is -0.962. The van der Waals surface area contributed by atoms with Crippen molar-refractivity contribution in [2.45, 2.75) is 19.1 Å². The third kappa shape index (κ3) is 3.39. The fraction of sp³-hybridized carbons (Fsp3) is 0.286. The van der Waals surface area contributed by atoms with Crippen molar-refractivity contribution in [2.24, 2.45) is 0 Å². The minimum absolute atomic E-state index is 0.0741. The van der Waals surface area contributed by atoms with Gasteiger partial charge in [-0.25, -0.2) is 8.78 Å². The van der Waals surface area contributed by atoms with Crippen molar-refractivity contribution in [1.29, 1.82) is 0 Å². The molecule has 0 amide bonds. The van der Waals surface area contributed by atoms with E-state index in [1.165, 1.54) is 6.07 Å².